The molecular weight excluding hydrogens is 379 g/mol. The van der Waals surface area contributed by atoms with E-state index in [9.17, 15) is 18.0 Å². The van der Waals surface area contributed by atoms with Gasteiger partial charge in [0.05, 0.1) is 10.9 Å². The number of nitrogens with one attached hydrogen (secondary N) is 1. The molecule has 0 saturated carbocycles. The second kappa shape index (κ2) is 7.19. The molecule has 0 heterocycles. The number of benzene rings is 2. The smallest absolute Gasteiger partial charge is 0.237 e. The van der Waals surface area contributed by atoms with Crippen LogP contribution in [0.3, 0.4) is 0 Å². The number of rotatable bonds is 4. The van der Waals surface area contributed by atoms with Crippen LogP contribution in [0, 0.1) is 17.5 Å². The zero-order chi connectivity index (χ0) is 16.3. The molecule has 1 amide bonds. The fraction of sp³-hybridized carbons (Fsp3) is 0.133. The molecule has 1 atom stereocenters. The normalized spacial score (nSPS) is 12.0. The molecule has 0 aliphatic carbocycles. The molecule has 0 spiro atoms. The van der Waals surface area contributed by atoms with E-state index in [-0.39, 0.29) is 5.69 Å². The van der Waals surface area contributed by atoms with Gasteiger partial charge in [0.25, 0.3) is 0 Å². The maximum absolute atomic E-state index is 13.7. The molecule has 0 bridgehead atoms. The highest BCUT2D eigenvalue weighted by Gasteiger charge is 2.17. The summed E-state index contributed by atoms with van der Waals surface area (Å²) in [6.07, 6.45) is 0. The van der Waals surface area contributed by atoms with Crippen LogP contribution in [-0.4, -0.2) is 11.2 Å². The van der Waals surface area contributed by atoms with E-state index in [4.69, 9.17) is 0 Å². The van der Waals surface area contributed by atoms with E-state index in [1.54, 1.807) is 13.0 Å². The molecule has 0 fully saturated rings. The number of thioether (sulfide) groups is 1. The third-order valence-electron chi connectivity index (χ3n) is 2.76. The minimum atomic E-state index is -0.975. The first-order chi connectivity index (χ1) is 10.4. The van der Waals surface area contributed by atoms with Crippen LogP contribution in [0.1, 0.15) is 6.92 Å². The summed E-state index contributed by atoms with van der Waals surface area (Å²) in [6.45, 7) is 1.60. The molecule has 2 aromatic rings. The van der Waals surface area contributed by atoms with E-state index < -0.39 is 28.6 Å². The highest BCUT2D eigenvalue weighted by Crippen LogP contribution is 2.26. The first-order valence-electron chi connectivity index (χ1n) is 6.24. The van der Waals surface area contributed by atoms with Gasteiger partial charge in [0, 0.05) is 9.37 Å². The molecule has 0 aliphatic heterocycles. The van der Waals surface area contributed by atoms with Crippen molar-refractivity contribution < 1.29 is 18.0 Å². The van der Waals surface area contributed by atoms with Gasteiger partial charge in [0.15, 0.2) is 11.6 Å². The van der Waals surface area contributed by atoms with Crippen LogP contribution in [0.15, 0.2) is 45.8 Å². The van der Waals surface area contributed by atoms with Crippen molar-refractivity contribution in [2.24, 2.45) is 0 Å². The summed E-state index contributed by atoms with van der Waals surface area (Å²) in [5.74, 6) is -2.92. The van der Waals surface area contributed by atoms with Gasteiger partial charge in [-0.05, 0) is 43.3 Å². The van der Waals surface area contributed by atoms with Crippen molar-refractivity contribution in [3.63, 3.8) is 0 Å². The van der Waals surface area contributed by atoms with Crippen molar-refractivity contribution in [1.82, 2.24) is 0 Å². The third kappa shape index (κ3) is 4.27. The highest BCUT2D eigenvalue weighted by atomic mass is 79.9. The Morgan fingerprint density at radius 2 is 1.82 bits per heavy atom. The van der Waals surface area contributed by atoms with Gasteiger partial charge in [-0.25, -0.2) is 13.2 Å². The number of carbonyl (C=O) groups is 1. The molecule has 0 saturated heterocycles. The van der Waals surface area contributed by atoms with Crippen molar-refractivity contribution >= 4 is 39.3 Å². The number of halogens is 4. The first kappa shape index (κ1) is 16.9. The average Bonchev–Trinajstić information content (AvgIpc) is 2.45. The Morgan fingerprint density at radius 3 is 2.45 bits per heavy atom. The Kier molecular flexibility index (Phi) is 5.52. The second-order valence-corrected chi connectivity index (χ2v) is 6.78. The summed E-state index contributed by atoms with van der Waals surface area (Å²) in [4.78, 5) is 12.4. The van der Waals surface area contributed by atoms with Crippen molar-refractivity contribution in [1.29, 1.82) is 0 Å². The lowest BCUT2D eigenvalue weighted by Crippen LogP contribution is -2.22. The van der Waals surface area contributed by atoms with E-state index >= 15 is 0 Å². The number of hydrogen-bond donors (Lipinski definition) is 1. The van der Waals surface area contributed by atoms with Crippen molar-refractivity contribution in [3.8, 4) is 0 Å². The Balaban J connectivity index is 2.04. The van der Waals surface area contributed by atoms with Gasteiger partial charge < -0.3 is 5.32 Å². The van der Waals surface area contributed by atoms with Crippen LogP contribution in [0.4, 0.5) is 18.9 Å². The molecule has 0 aliphatic rings. The summed E-state index contributed by atoms with van der Waals surface area (Å²) < 4.78 is 40.2. The molecule has 116 valence electrons. The lowest BCUT2D eigenvalue weighted by Gasteiger charge is -2.13. The number of anilines is 1. The number of hydrogen-bond acceptors (Lipinski definition) is 2. The standard InChI is InChI=1S/C15H11BrF3NOS/c1-8(22-10-3-4-11(17)12(18)7-10)15(21)20-14-5-2-9(16)6-13(14)19/h2-8H,1H3,(H,20,21). The molecule has 1 N–H and O–H groups in total. The quantitative estimate of drug-likeness (QED) is 0.746. The predicted molar refractivity (Wildman–Crippen MR) is 84.4 cm³/mol. The molecule has 22 heavy (non-hydrogen) atoms. The summed E-state index contributed by atoms with van der Waals surface area (Å²) in [7, 11) is 0. The summed E-state index contributed by atoms with van der Waals surface area (Å²) in [5, 5.41) is 1.86. The highest BCUT2D eigenvalue weighted by molar-refractivity contribution is 9.10. The Labute approximate surface area is 138 Å². The lowest BCUT2D eigenvalue weighted by molar-refractivity contribution is -0.115. The predicted octanol–water partition coefficient (Wildman–Crippen LogP) is 4.99. The molecule has 7 heteroatoms. The molecular formula is C15H11BrF3NOS. The van der Waals surface area contributed by atoms with Crippen LogP contribution in [-0.2, 0) is 4.79 Å². The van der Waals surface area contributed by atoms with Crippen LogP contribution < -0.4 is 5.32 Å². The molecule has 0 radical (unpaired) electrons. The minimum Gasteiger partial charge on any atom is -0.323 e. The van der Waals surface area contributed by atoms with Gasteiger partial charge in [-0.15, -0.1) is 11.8 Å². The zero-order valence-electron chi connectivity index (χ0n) is 11.4. The largest absolute Gasteiger partial charge is 0.323 e. The van der Waals surface area contributed by atoms with Gasteiger partial charge in [0.1, 0.15) is 5.82 Å². The summed E-state index contributed by atoms with van der Waals surface area (Å²) in [6, 6.07) is 7.68. The third-order valence-corrected chi connectivity index (χ3v) is 4.35. The molecule has 2 aromatic carbocycles. The fourth-order valence-electron chi connectivity index (χ4n) is 1.63. The molecule has 2 nitrogen and oxygen atoms in total. The van der Waals surface area contributed by atoms with E-state index in [2.05, 4.69) is 21.2 Å². The average molecular weight is 390 g/mol. The van der Waals surface area contributed by atoms with Crippen molar-refractivity contribution in [2.75, 3.05) is 5.32 Å². The fourth-order valence-corrected chi connectivity index (χ4v) is 2.86. The second-order valence-electron chi connectivity index (χ2n) is 4.45. The summed E-state index contributed by atoms with van der Waals surface area (Å²) in [5.41, 5.74) is 0.0611. The Bertz CT molecular complexity index is 711. The zero-order valence-corrected chi connectivity index (χ0v) is 13.8. The van der Waals surface area contributed by atoms with E-state index in [1.807, 2.05) is 0 Å². The van der Waals surface area contributed by atoms with Crippen LogP contribution in [0.5, 0.6) is 0 Å². The van der Waals surface area contributed by atoms with Gasteiger partial charge in [-0.1, -0.05) is 15.9 Å². The van der Waals surface area contributed by atoms with Gasteiger partial charge in [-0.2, -0.15) is 0 Å². The topological polar surface area (TPSA) is 29.1 Å². The van der Waals surface area contributed by atoms with Gasteiger partial charge in [0.2, 0.25) is 5.91 Å². The minimum absolute atomic E-state index is 0.0611. The van der Waals surface area contributed by atoms with Crippen LogP contribution in [0.25, 0.3) is 0 Å². The molecule has 0 aromatic heterocycles. The maximum Gasteiger partial charge on any atom is 0.237 e. The lowest BCUT2D eigenvalue weighted by atomic mass is 10.3. The molecule has 2 rings (SSSR count). The van der Waals surface area contributed by atoms with Crippen molar-refractivity contribution in [2.45, 2.75) is 17.1 Å². The molecule has 1 unspecified atom stereocenters. The SMILES string of the molecule is CC(Sc1ccc(F)c(F)c1)C(=O)Nc1ccc(Br)cc1F. The van der Waals surface area contributed by atoms with E-state index in [0.29, 0.717) is 9.37 Å². The Morgan fingerprint density at radius 1 is 1.09 bits per heavy atom. The monoisotopic (exact) mass is 389 g/mol. The number of amides is 1. The first-order valence-corrected chi connectivity index (χ1v) is 7.91. The Hall–Kier alpha value is -1.47. The van der Waals surface area contributed by atoms with Crippen molar-refractivity contribution in [3.05, 3.63) is 58.3 Å². The van der Waals surface area contributed by atoms with E-state index in [0.717, 1.165) is 23.9 Å². The summed E-state index contributed by atoms with van der Waals surface area (Å²) >= 11 is 4.18. The van der Waals surface area contributed by atoms with Crippen LogP contribution >= 0.6 is 27.7 Å². The van der Waals surface area contributed by atoms with Crippen LogP contribution in [0.2, 0.25) is 0 Å². The maximum atomic E-state index is 13.7. The number of carbonyl (C=O) groups excluding carboxylic acids is 1. The van der Waals surface area contributed by atoms with Gasteiger partial charge >= 0.3 is 0 Å². The van der Waals surface area contributed by atoms with E-state index in [1.165, 1.54) is 18.2 Å². The van der Waals surface area contributed by atoms with Gasteiger partial charge in [-0.3, -0.25) is 4.79 Å².